The molecule has 0 radical (unpaired) electrons. The van der Waals surface area contributed by atoms with Crippen LogP contribution in [0.4, 0.5) is 0 Å². The molecule has 8 rings (SSSR count). The first-order valence-corrected chi connectivity index (χ1v) is 17.3. The molecule has 0 bridgehead atoms. The molecular weight excluding hydrogens is 738 g/mol. The Morgan fingerprint density at radius 3 is 1.94 bits per heavy atom. The third-order valence-electron chi connectivity index (χ3n) is 8.79. The van der Waals surface area contributed by atoms with Crippen molar-refractivity contribution in [2.75, 3.05) is 0 Å². The summed E-state index contributed by atoms with van der Waals surface area (Å²) >= 11 is 28.2. The first-order valence-electron chi connectivity index (χ1n) is 15.0. The topological polar surface area (TPSA) is 68.9 Å². The third-order valence-corrected chi connectivity index (χ3v) is 11.3. The fourth-order valence-corrected chi connectivity index (χ4v) is 7.77. The molecule has 4 nitrogen and oxygen atoms in total. The molecule has 2 aromatic heterocycles. The van der Waals surface area contributed by atoms with Gasteiger partial charge in [0.15, 0.2) is 5.78 Å². The van der Waals surface area contributed by atoms with E-state index in [1.165, 1.54) is 0 Å². The summed E-state index contributed by atoms with van der Waals surface area (Å²) in [6.07, 6.45) is 2.92. The molecule has 1 atom stereocenters. The number of halogens is 5. The second kappa shape index (κ2) is 12.9. The Morgan fingerprint density at radius 2 is 1.28 bits per heavy atom. The number of H-pyrrole nitrogens is 2. The van der Waals surface area contributed by atoms with E-state index >= 15 is 0 Å². The number of ketones is 1. The zero-order chi connectivity index (χ0) is 32.9. The van der Waals surface area contributed by atoms with Gasteiger partial charge in [-0.3, -0.25) is 4.79 Å². The fraction of sp³-hybridized carbons (Fsp3) is 0.132. The van der Waals surface area contributed by atoms with Gasteiger partial charge in [0.25, 0.3) is 0 Å². The number of Topliss-reactive ketones (excluding diaryl/α,β-unsaturated/α-hetero) is 1. The van der Waals surface area contributed by atoms with E-state index < -0.39 is 4.32 Å². The van der Waals surface area contributed by atoms with Crippen LogP contribution in [-0.4, -0.2) is 25.2 Å². The van der Waals surface area contributed by atoms with Crippen LogP contribution in [0.2, 0.25) is 20.1 Å². The number of hydrogen-bond donors (Lipinski definition) is 3. The van der Waals surface area contributed by atoms with Crippen LogP contribution in [0.3, 0.4) is 0 Å². The number of carbonyl (C=O) groups excluding carboxylic acids is 1. The van der Waals surface area contributed by atoms with Gasteiger partial charge in [0, 0.05) is 39.2 Å². The lowest BCUT2D eigenvalue weighted by atomic mass is 9.82. The van der Waals surface area contributed by atoms with Crippen LogP contribution in [0.5, 0.6) is 5.75 Å². The van der Waals surface area contributed by atoms with E-state index in [0.717, 1.165) is 62.3 Å². The normalized spacial score (nSPS) is 16.0. The van der Waals surface area contributed by atoms with Crippen LogP contribution in [-0.2, 0) is 19.3 Å². The van der Waals surface area contributed by atoms with Gasteiger partial charge >= 0.3 is 0 Å². The zero-order valence-electron chi connectivity index (χ0n) is 24.8. The second-order valence-electron chi connectivity index (χ2n) is 11.8. The molecule has 0 saturated heterocycles. The summed E-state index contributed by atoms with van der Waals surface area (Å²) in [5.74, 6) is 0.367. The number of fused-ring (bicyclic) bond motifs is 6. The maximum Gasteiger partial charge on any atom is 0.196 e. The third kappa shape index (κ3) is 6.16. The van der Waals surface area contributed by atoms with Crippen molar-refractivity contribution in [3.8, 4) is 5.75 Å². The summed E-state index contributed by atoms with van der Waals surface area (Å²) < 4.78 is -0.574. The van der Waals surface area contributed by atoms with Crippen LogP contribution >= 0.6 is 62.3 Å². The van der Waals surface area contributed by atoms with Gasteiger partial charge < -0.3 is 15.1 Å². The number of nitrogens with one attached hydrogen (secondary N) is 2. The van der Waals surface area contributed by atoms with E-state index in [1.807, 2.05) is 72.8 Å². The first-order chi connectivity index (χ1) is 22.6. The summed E-state index contributed by atoms with van der Waals surface area (Å²) in [6.45, 7) is 0. The minimum atomic E-state index is -0.574. The number of hydrogen-bond acceptors (Lipinski definition) is 2. The van der Waals surface area contributed by atoms with Gasteiger partial charge in [0.05, 0.1) is 35.6 Å². The van der Waals surface area contributed by atoms with Gasteiger partial charge in [0.2, 0.25) is 0 Å². The summed E-state index contributed by atoms with van der Waals surface area (Å²) in [5.41, 5.74) is 7.33. The molecular formula is C38H27BrCl4N2O2. The summed E-state index contributed by atoms with van der Waals surface area (Å²) in [4.78, 5) is 19.6. The molecule has 0 aliphatic heterocycles. The average Bonchev–Trinajstić information content (AvgIpc) is 3.60. The van der Waals surface area contributed by atoms with Gasteiger partial charge in [-0.15, -0.1) is 0 Å². The molecule has 1 aliphatic rings. The number of aromatic hydroxyl groups is 1. The molecule has 3 N–H and O–H groups in total. The smallest absolute Gasteiger partial charge is 0.196 e. The quantitative estimate of drug-likeness (QED) is 0.156. The van der Waals surface area contributed by atoms with Crippen LogP contribution in [0.1, 0.15) is 39.2 Å². The Labute approximate surface area is 299 Å². The molecule has 1 aliphatic carbocycles. The molecule has 47 heavy (non-hydrogen) atoms. The standard InChI is InChI=1S/C19H14BrCl2NO.C19H13Cl2NO/c20-19(10-11-4-2-1-3-5-11)7-6-12-13-8-14(21)15(22)9-16(13)23-17(12)18(19)24;20-15-9-14-13-7-6-12(8-11-4-2-1-3-5-11)19(23)18(13)22-17(14)10-16(15)21/h1-5,8-9,23H,6-7,10H2;1-7,9-10,22-23H,8H2. The average molecular weight is 765 g/mol. The predicted octanol–water partition coefficient (Wildman–Crippen LogP) is 11.9. The number of phenolic OH excluding ortho intramolecular Hbond substituents is 1. The Bertz CT molecular complexity index is 2300. The molecule has 236 valence electrons. The summed E-state index contributed by atoms with van der Waals surface area (Å²) in [6, 6.07) is 31.4. The van der Waals surface area contributed by atoms with Gasteiger partial charge in [-0.25, -0.2) is 0 Å². The van der Waals surface area contributed by atoms with Crippen molar-refractivity contribution in [3.05, 3.63) is 145 Å². The maximum absolute atomic E-state index is 13.1. The van der Waals surface area contributed by atoms with Crippen LogP contribution in [0.25, 0.3) is 32.7 Å². The number of benzene rings is 5. The number of aromatic amines is 2. The Morgan fingerprint density at radius 1 is 0.702 bits per heavy atom. The minimum Gasteiger partial charge on any atom is -0.505 e. The van der Waals surface area contributed by atoms with Crippen molar-refractivity contribution in [2.24, 2.45) is 0 Å². The van der Waals surface area contributed by atoms with Crippen LogP contribution in [0, 0.1) is 0 Å². The summed E-state index contributed by atoms with van der Waals surface area (Å²) in [7, 11) is 0. The molecule has 1 unspecified atom stereocenters. The molecule has 5 aromatic carbocycles. The predicted molar refractivity (Wildman–Crippen MR) is 200 cm³/mol. The maximum atomic E-state index is 13.1. The highest BCUT2D eigenvalue weighted by Crippen LogP contribution is 2.42. The van der Waals surface area contributed by atoms with E-state index in [4.69, 9.17) is 46.4 Å². The number of phenols is 1. The first kappa shape index (κ1) is 32.1. The molecule has 9 heteroatoms. The minimum absolute atomic E-state index is 0.0936. The molecule has 0 spiro atoms. The monoisotopic (exact) mass is 762 g/mol. The number of rotatable bonds is 4. The van der Waals surface area contributed by atoms with E-state index in [1.54, 1.807) is 12.1 Å². The second-order valence-corrected chi connectivity index (χ2v) is 15.0. The van der Waals surface area contributed by atoms with Crippen LogP contribution in [0.15, 0.2) is 97.1 Å². The van der Waals surface area contributed by atoms with Gasteiger partial charge in [-0.05, 0) is 60.2 Å². The molecule has 0 saturated carbocycles. The highest BCUT2D eigenvalue weighted by molar-refractivity contribution is 9.10. The zero-order valence-corrected chi connectivity index (χ0v) is 29.4. The van der Waals surface area contributed by atoms with Crippen LogP contribution < -0.4 is 0 Å². The molecule has 0 amide bonds. The van der Waals surface area contributed by atoms with Crippen molar-refractivity contribution in [2.45, 2.75) is 30.0 Å². The van der Waals surface area contributed by atoms with Crippen molar-refractivity contribution >= 4 is 101 Å². The Kier molecular flexibility index (Phi) is 8.79. The van der Waals surface area contributed by atoms with Crippen molar-refractivity contribution in [3.63, 3.8) is 0 Å². The van der Waals surface area contributed by atoms with E-state index in [2.05, 4.69) is 38.0 Å². The van der Waals surface area contributed by atoms with Gasteiger partial charge in [-0.2, -0.15) is 0 Å². The molecule has 0 fully saturated rings. The lowest BCUT2D eigenvalue weighted by Gasteiger charge is -2.30. The highest BCUT2D eigenvalue weighted by Gasteiger charge is 2.42. The van der Waals surface area contributed by atoms with E-state index in [-0.39, 0.29) is 11.5 Å². The highest BCUT2D eigenvalue weighted by atomic mass is 79.9. The largest absolute Gasteiger partial charge is 0.505 e. The van der Waals surface area contributed by atoms with Crippen molar-refractivity contribution in [1.82, 2.24) is 9.97 Å². The fourth-order valence-electron chi connectivity index (χ4n) is 6.40. The van der Waals surface area contributed by atoms with E-state index in [0.29, 0.717) is 44.1 Å². The van der Waals surface area contributed by atoms with Crippen molar-refractivity contribution in [1.29, 1.82) is 0 Å². The summed E-state index contributed by atoms with van der Waals surface area (Å²) in [5, 5.41) is 15.5. The van der Waals surface area contributed by atoms with Crippen molar-refractivity contribution < 1.29 is 9.90 Å². The number of alkyl halides is 1. The number of aromatic nitrogens is 2. The van der Waals surface area contributed by atoms with E-state index in [9.17, 15) is 9.90 Å². The number of carbonyl (C=O) groups is 1. The Balaban J connectivity index is 0.000000150. The lowest BCUT2D eigenvalue weighted by molar-refractivity contribution is 0.0927. The van der Waals surface area contributed by atoms with Gasteiger partial charge in [-0.1, -0.05) is 135 Å². The molecule has 7 aromatic rings. The molecule has 2 heterocycles. The number of aryl methyl sites for hydroxylation is 1. The Hall–Kier alpha value is -3.45. The van der Waals surface area contributed by atoms with Gasteiger partial charge in [0.1, 0.15) is 5.75 Å². The SMILES string of the molecule is O=C1c2[nH]c3cc(Cl)c(Cl)cc3c2CCC1(Br)Cc1ccccc1.Oc1c(Cc2ccccc2)ccc2c1[nH]c1cc(Cl)c(Cl)cc12. The lowest BCUT2D eigenvalue weighted by Crippen LogP contribution is -2.39.